The molecule has 0 spiro atoms. The molecule has 2 saturated heterocycles. The maximum atomic E-state index is 14.7. The number of nitrogens with one attached hydrogen (secondary N) is 6. The Kier molecular flexibility index (Phi) is 25.9. The molecule has 0 radical (unpaired) electrons. The molecule has 2 heterocycles. The van der Waals surface area contributed by atoms with Crippen molar-refractivity contribution in [2.45, 2.75) is 152 Å². The highest BCUT2D eigenvalue weighted by Gasteiger charge is 2.41. The van der Waals surface area contributed by atoms with Crippen LogP contribution in [0.4, 0.5) is 0 Å². The van der Waals surface area contributed by atoms with Gasteiger partial charge in [0.15, 0.2) is 0 Å². The van der Waals surface area contributed by atoms with Crippen LogP contribution in [-0.2, 0) is 41.6 Å². The average molecular weight is 1250 g/mol. The van der Waals surface area contributed by atoms with Crippen LogP contribution in [0.2, 0.25) is 0 Å². The Bertz CT molecular complexity index is 3040. The molecule has 6 N–H and O–H groups in total. The first-order chi connectivity index (χ1) is 44.0. The molecular formula is C71H98N10O10. The molecule has 0 unspecified atom stereocenters. The topological polar surface area (TPSA) is 240 Å². The van der Waals surface area contributed by atoms with Gasteiger partial charge in [-0.25, -0.2) is 0 Å². The van der Waals surface area contributed by atoms with Crippen LogP contribution in [-0.4, -0.2) is 190 Å². The number of benzene rings is 4. The molecule has 2 saturated carbocycles. The van der Waals surface area contributed by atoms with Crippen molar-refractivity contribution in [2.75, 3.05) is 87.2 Å². The number of carbonyl (C=O) groups is 8. The van der Waals surface area contributed by atoms with E-state index in [-0.39, 0.29) is 73.1 Å². The number of methoxy groups -OCH3 is 2. The van der Waals surface area contributed by atoms with Crippen molar-refractivity contribution in [1.29, 1.82) is 0 Å². The van der Waals surface area contributed by atoms with Crippen molar-refractivity contribution in [3.05, 3.63) is 119 Å². The molecule has 492 valence electrons. The summed E-state index contributed by atoms with van der Waals surface area (Å²) in [4.78, 5) is 118. The number of rotatable bonds is 31. The fourth-order valence-corrected chi connectivity index (χ4v) is 13.3. The lowest BCUT2D eigenvalue weighted by molar-refractivity contribution is -0.141. The van der Waals surface area contributed by atoms with E-state index in [0.29, 0.717) is 69.7 Å². The van der Waals surface area contributed by atoms with Gasteiger partial charge in [-0.3, -0.25) is 33.6 Å². The van der Waals surface area contributed by atoms with Crippen molar-refractivity contribution < 1.29 is 47.8 Å². The van der Waals surface area contributed by atoms with Crippen LogP contribution in [0.1, 0.15) is 136 Å². The Balaban J connectivity index is 0.879. The number of hydrogen-bond donors (Lipinski definition) is 6. The smallest absolute Gasteiger partial charge is 0.251 e. The largest absolute Gasteiger partial charge is 0.497 e. The number of amides is 7. The van der Waals surface area contributed by atoms with Gasteiger partial charge >= 0.3 is 0 Å². The normalized spacial score (nSPS) is 18.7. The van der Waals surface area contributed by atoms with E-state index in [1.807, 2.05) is 65.3 Å². The Labute approximate surface area is 538 Å². The number of ether oxygens (including phenoxy) is 2. The van der Waals surface area contributed by atoms with Crippen LogP contribution >= 0.6 is 0 Å². The van der Waals surface area contributed by atoms with E-state index >= 15 is 0 Å². The summed E-state index contributed by atoms with van der Waals surface area (Å²) in [6, 6.07) is 27.3. The molecule has 7 amide bonds. The molecule has 4 aromatic carbocycles. The predicted octanol–water partition coefficient (Wildman–Crippen LogP) is 6.34. The third kappa shape index (κ3) is 19.2. The average Bonchev–Trinajstić information content (AvgIpc) is 2.50. The number of nitrogens with zero attached hydrogens (tertiary/aromatic N) is 4. The lowest BCUT2D eigenvalue weighted by Gasteiger charge is -2.38. The van der Waals surface area contributed by atoms with Gasteiger partial charge in [-0.2, -0.15) is 0 Å². The zero-order valence-corrected chi connectivity index (χ0v) is 54.4. The van der Waals surface area contributed by atoms with Crippen molar-refractivity contribution in [2.24, 2.45) is 11.8 Å². The summed E-state index contributed by atoms with van der Waals surface area (Å²) in [5, 5.41) is 18.4. The fraction of sp³-hybridized carbons (Fsp3) is 0.549. The van der Waals surface area contributed by atoms with E-state index in [0.717, 1.165) is 124 Å². The zero-order valence-electron chi connectivity index (χ0n) is 54.4. The highest BCUT2D eigenvalue weighted by molar-refractivity contribution is 5.98. The molecule has 8 rings (SSSR count). The highest BCUT2D eigenvalue weighted by Crippen LogP contribution is 2.32. The van der Waals surface area contributed by atoms with Crippen LogP contribution in [0.3, 0.4) is 0 Å². The van der Waals surface area contributed by atoms with Crippen LogP contribution < -0.4 is 41.4 Å². The first-order valence-corrected chi connectivity index (χ1v) is 33.1. The zero-order chi connectivity index (χ0) is 64.9. The highest BCUT2D eigenvalue weighted by atomic mass is 16.5. The van der Waals surface area contributed by atoms with E-state index in [1.165, 1.54) is 0 Å². The van der Waals surface area contributed by atoms with Gasteiger partial charge < -0.3 is 65.8 Å². The SMILES string of the molecule is CN[C@@H](C)C(=O)N[C@H](C(=O)N1CCC[C@H]1CN(CCc1ccc(OC)cc1)C(=O)CNC(=O)c1ccc(-c2ccc(C(=O)NCC(=O)N(CCc3ccc(OC)cc3)C[C@@H]3CCCN3C(=O)[C@@H](NC[C@](C)(C=O)NC)C3CCCCC3)cc2)cc1)C1CCCCC1. The van der Waals surface area contributed by atoms with E-state index < -0.39 is 35.5 Å². The Hall–Kier alpha value is -7.68. The van der Waals surface area contributed by atoms with Crippen LogP contribution in [0.5, 0.6) is 11.5 Å². The summed E-state index contributed by atoms with van der Waals surface area (Å²) >= 11 is 0. The van der Waals surface area contributed by atoms with E-state index in [9.17, 15) is 38.4 Å². The Morgan fingerprint density at radius 2 is 0.989 bits per heavy atom. The Morgan fingerprint density at radius 1 is 0.571 bits per heavy atom. The number of aldehydes is 1. The summed E-state index contributed by atoms with van der Waals surface area (Å²) in [6.07, 6.45) is 14.9. The molecule has 4 aromatic rings. The first-order valence-electron chi connectivity index (χ1n) is 33.1. The summed E-state index contributed by atoms with van der Waals surface area (Å²) in [5.41, 5.74) is 3.48. The molecule has 0 aromatic heterocycles. The maximum absolute atomic E-state index is 14.7. The second-order valence-corrected chi connectivity index (χ2v) is 25.5. The van der Waals surface area contributed by atoms with Gasteiger partial charge in [-0.05, 0) is 175 Å². The van der Waals surface area contributed by atoms with Gasteiger partial charge in [0.05, 0.1) is 44.9 Å². The van der Waals surface area contributed by atoms with Crippen molar-refractivity contribution in [3.63, 3.8) is 0 Å². The van der Waals surface area contributed by atoms with Crippen molar-refractivity contribution in [1.82, 2.24) is 51.5 Å². The number of likely N-dealkylation sites (N-methyl/N-ethyl adjacent to an activating group) is 2. The number of carbonyl (C=O) groups excluding carboxylic acids is 8. The third-order valence-electron chi connectivity index (χ3n) is 19.4. The van der Waals surface area contributed by atoms with Crippen LogP contribution in [0, 0.1) is 11.8 Å². The Morgan fingerprint density at radius 3 is 1.38 bits per heavy atom. The molecule has 20 heteroatoms. The second-order valence-electron chi connectivity index (χ2n) is 25.5. The molecule has 4 fully saturated rings. The molecule has 2 aliphatic heterocycles. The first kappa shape index (κ1) is 69.2. The van der Waals surface area contributed by atoms with Gasteiger partial charge in [-0.1, -0.05) is 87.1 Å². The molecular weight excluding hydrogens is 1150 g/mol. The summed E-state index contributed by atoms with van der Waals surface area (Å²) in [7, 11) is 6.69. The summed E-state index contributed by atoms with van der Waals surface area (Å²) in [6.45, 7) is 5.80. The minimum atomic E-state index is -0.831. The van der Waals surface area contributed by atoms with Gasteiger partial charge in [-0.15, -0.1) is 0 Å². The minimum absolute atomic E-state index is 0.00599. The number of hydrogen-bond acceptors (Lipinski definition) is 13. The molecule has 20 nitrogen and oxygen atoms in total. The minimum Gasteiger partial charge on any atom is -0.497 e. The van der Waals surface area contributed by atoms with Gasteiger partial charge in [0.2, 0.25) is 29.5 Å². The number of likely N-dealkylation sites (tertiary alicyclic amines) is 2. The molecule has 4 aliphatic rings. The lowest BCUT2D eigenvalue weighted by atomic mass is 9.83. The predicted molar refractivity (Wildman–Crippen MR) is 351 cm³/mol. The monoisotopic (exact) mass is 1250 g/mol. The molecule has 2 aliphatic carbocycles. The molecule has 6 atom stereocenters. The van der Waals surface area contributed by atoms with Crippen molar-refractivity contribution >= 4 is 47.6 Å². The van der Waals surface area contributed by atoms with E-state index in [2.05, 4.69) is 31.9 Å². The van der Waals surface area contributed by atoms with E-state index in [1.54, 1.807) is 93.6 Å². The van der Waals surface area contributed by atoms with Gasteiger partial charge in [0, 0.05) is 69.0 Å². The van der Waals surface area contributed by atoms with Crippen molar-refractivity contribution in [3.8, 4) is 22.6 Å². The summed E-state index contributed by atoms with van der Waals surface area (Å²) in [5.74, 6) is -0.0805. The fourth-order valence-electron chi connectivity index (χ4n) is 13.3. The van der Waals surface area contributed by atoms with E-state index in [4.69, 9.17) is 9.47 Å². The van der Waals surface area contributed by atoms with Crippen LogP contribution in [0.25, 0.3) is 11.1 Å². The molecule has 0 bridgehead atoms. The summed E-state index contributed by atoms with van der Waals surface area (Å²) < 4.78 is 10.7. The van der Waals surface area contributed by atoms with Gasteiger partial charge in [0.1, 0.15) is 23.8 Å². The van der Waals surface area contributed by atoms with Gasteiger partial charge in [0.25, 0.3) is 11.8 Å². The molecule has 91 heavy (non-hydrogen) atoms. The quantitative estimate of drug-likeness (QED) is 0.0302. The second kappa shape index (κ2) is 34.1. The lowest BCUT2D eigenvalue weighted by Crippen LogP contribution is -2.59. The third-order valence-corrected chi connectivity index (χ3v) is 19.4. The standard InChI is InChI=1S/C71H98N10O10/c1-49(72-3)66(85)77-65(55-17-11-8-12-18-55)70(89)81-40-14-20-59(81)46-79(42-38-51-23-35-61(91-6)36-24-51)63(84)44-75-68(87)57-31-27-53(28-32-57)52-25-29-56(30-26-52)67(86)74-43-62(83)78(41-37-50-21-33-60(90-5)34-22-50)45-58-19-13-39-80(58)69(88)64(54-15-9-7-10-16-54)76-47-71(2,48-82)73-4/h21-36,48-49,54-55,58-59,64-65,72-73,76H,7-20,37-47H2,1-6H3,(H,74,86)(H,75,87)(H,77,85)/t49-,58-,59-,64-,65-,71+/m0/s1. The van der Waals surface area contributed by atoms with Crippen LogP contribution in [0.15, 0.2) is 97.1 Å². The maximum Gasteiger partial charge on any atom is 0.251 e.